The molecule has 21 heavy (non-hydrogen) atoms. The first-order chi connectivity index (χ1) is 9.74. The molecule has 0 fully saturated rings. The molecule has 0 saturated carbocycles. The Balaban J connectivity index is 2.39. The fraction of sp³-hybridized carbons (Fsp3) is 0.706. The molecule has 3 N–H and O–H groups in total. The molecule has 1 unspecified atom stereocenters. The molecular weight excluding hydrogens is 280 g/mol. The van der Waals surface area contributed by atoms with Crippen molar-refractivity contribution in [2.24, 2.45) is 17.1 Å². The lowest BCUT2D eigenvalue weighted by Gasteiger charge is -2.30. The van der Waals surface area contributed by atoms with Crippen molar-refractivity contribution in [2.75, 3.05) is 6.54 Å². The number of nitrogens with one attached hydrogen (secondary N) is 1. The highest BCUT2D eigenvalue weighted by Crippen LogP contribution is 2.32. The summed E-state index contributed by atoms with van der Waals surface area (Å²) in [4.78, 5) is 14.6. The Kier molecular flexibility index (Phi) is 6.88. The molecule has 1 aromatic rings. The van der Waals surface area contributed by atoms with Crippen LogP contribution in [0.5, 0.6) is 0 Å². The number of hydrogen-bond donors (Lipinski definition) is 2. The van der Waals surface area contributed by atoms with E-state index in [0.717, 1.165) is 12.8 Å². The summed E-state index contributed by atoms with van der Waals surface area (Å²) in [7, 11) is 0. The lowest BCUT2D eigenvalue weighted by Crippen LogP contribution is -2.27. The van der Waals surface area contributed by atoms with Crippen molar-refractivity contribution in [3.63, 3.8) is 0 Å². The second-order valence-electron chi connectivity index (χ2n) is 6.91. The molecule has 0 bridgehead atoms. The van der Waals surface area contributed by atoms with Gasteiger partial charge >= 0.3 is 0 Å². The van der Waals surface area contributed by atoms with Crippen LogP contribution in [-0.2, 0) is 11.3 Å². The molecule has 120 valence electrons. The summed E-state index contributed by atoms with van der Waals surface area (Å²) in [6.07, 6.45) is 2.49. The zero-order valence-corrected chi connectivity index (χ0v) is 14.9. The van der Waals surface area contributed by atoms with Crippen LogP contribution in [0.4, 0.5) is 0 Å². The maximum atomic E-state index is 12.0. The van der Waals surface area contributed by atoms with Crippen LogP contribution in [0, 0.1) is 25.2 Å². The SMILES string of the molecule is Cc1cc(CNC(=O)CCC(CCN)C(C)(C)C)sc1C. The van der Waals surface area contributed by atoms with Crippen LogP contribution >= 0.6 is 11.3 Å². The Hall–Kier alpha value is -0.870. The van der Waals surface area contributed by atoms with Crippen LogP contribution in [0.2, 0.25) is 0 Å². The van der Waals surface area contributed by atoms with Crippen molar-refractivity contribution in [1.82, 2.24) is 5.32 Å². The molecule has 1 atom stereocenters. The Morgan fingerprint density at radius 2 is 2.00 bits per heavy atom. The Morgan fingerprint density at radius 3 is 2.48 bits per heavy atom. The van der Waals surface area contributed by atoms with Crippen molar-refractivity contribution in [1.29, 1.82) is 0 Å². The van der Waals surface area contributed by atoms with Gasteiger partial charge in [-0.25, -0.2) is 0 Å². The standard InChI is InChI=1S/C17H30N2OS/c1-12-10-15(21-13(12)2)11-19-16(20)7-6-14(8-9-18)17(3,4)5/h10,14H,6-9,11,18H2,1-5H3,(H,19,20). The van der Waals surface area contributed by atoms with E-state index in [1.54, 1.807) is 11.3 Å². The summed E-state index contributed by atoms with van der Waals surface area (Å²) in [6, 6.07) is 2.16. The summed E-state index contributed by atoms with van der Waals surface area (Å²) in [6.45, 7) is 12.2. The highest BCUT2D eigenvalue weighted by molar-refractivity contribution is 7.12. The summed E-state index contributed by atoms with van der Waals surface area (Å²) in [5.74, 6) is 0.643. The molecule has 1 heterocycles. The van der Waals surface area contributed by atoms with Crippen LogP contribution in [0.1, 0.15) is 55.4 Å². The number of amides is 1. The fourth-order valence-electron chi connectivity index (χ4n) is 2.53. The first-order valence-electron chi connectivity index (χ1n) is 7.76. The molecule has 1 aromatic heterocycles. The van der Waals surface area contributed by atoms with Crippen molar-refractivity contribution < 1.29 is 4.79 Å². The van der Waals surface area contributed by atoms with Gasteiger partial charge in [0.15, 0.2) is 0 Å². The number of nitrogens with two attached hydrogens (primary N) is 1. The molecule has 0 aliphatic rings. The number of aryl methyl sites for hydroxylation is 2. The Morgan fingerprint density at radius 1 is 1.33 bits per heavy atom. The van der Waals surface area contributed by atoms with Crippen LogP contribution in [0.3, 0.4) is 0 Å². The van der Waals surface area contributed by atoms with Gasteiger partial charge in [-0.15, -0.1) is 11.3 Å². The van der Waals surface area contributed by atoms with E-state index >= 15 is 0 Å². The number of rotatable bonds is 7. The zero-order chi connectivity index (χ0) is 16.0. The third kappa shape index (κ3) is 6.18. The zero-order valence-electron chi connectivity index (χ0n) is 14.1. The topological polar surface area (TPSA) is 55.1 Å². The number of thiophene rings is 1. The average Bonchev–Trinajstić information content (AvgIpc) is 2.70. The van der Waals surface area contributed by atoms with E-state index in [-0.39, 0.29) is 11.3 Å². The smallest absolute Gasteiger partial charge is 0.220 e. The van der Waals surface area contributed by atoms with Gasteiger partial charge in [0.1, 0.15) is 0 Å². The molecule has 1 rings (SSSR count). The minimum absolute atomic E-state index is 0.143. The van der Waals surface area contributed by atoms with Crippen molar-refractivity contribution >= 4 is 17.2 Å². The Bertz CT molecular complexity index is 440. The average molecular weight is 311 g/mol. The lowest BCUT2D eigenvalue weighted by atomic mass is 9.76. The third-order valence-electron chi connectivity index (χ3n) is 4.14. The van der Waals surface area contributed by atoms with Crippen molar-refractivity contribution in [3.05, 3.63) is 21.4 Å². The van der Waals surface area contributed by atoms with E-state index < -0.39 is 0 Å². The molecule has 0 spiro atoms. The molecule has 0 aliphatic heterocycles. The van der Waals surface area contributed by atoms with Crippen molar-refractivity contribution in [3.8, 4) is 0 Å². The molecular formula is C17H30N2OS. The normalized spacial score (nSPS) is 13.2. The number of carbonyl (C=O) groups excluding carboxylic acids is 1. The Labute approximate surface area is 133 Å². The van der Waals surface area contributed by atoms with E-state index in [1.165, 1.54) is 15.3 Å². The van der Waals surface area contributed by atoms with Gasteiger partial charge in [0, 0.05) is 16.2 Å². The largest absolute Gasteiger partial charge is 0.351 e. The van der Waals surface area contributed by atoms with Gasteiger partial charge < -0.3 is 11.1 Å². The molecule has 4 heteroatoms. The van der Waals surface area contributed by atoms with Crippen LogP contribution in [0.15, 0.2) is 6.07 Å². The quantitative estimate of drug-likeness (QED) is 0.805. The van der Waals surface area contributed by atoms with Gasteiger partial charge in [-0.3, -0.25) is 4.79 Å². The summed E-state index contributed by atoms with van der Waals surface area (Å²) in [5, 5.41) is 3.03. The summed E-state index contributed by atoms with van der Waals surface area (Å²) in [5.41, 5.74) is 7.20. The van der Waals surface area contributed by atoms with E-state index in [1.807, 2.05) is 0 Å². The van der Waals surface area contributed by atoms with Gasteiger partial charge in [-0.2, -0.15) is 0 Å². The number of carbonyl (C=O) groups is 1. The van der Waals surface area contributed by atoms with Crippen LogP contribution < -0.4 is 11.1 Å². The van der Waals surface area contributed by atoms with Gasteiger partial charge in [-0.05, 0) is 56.2 Å². The highest BCUT2D eigenvalue weighted by Gasteiger charge is 2.24. The maximum Gasteiger partial charge on any atom is 0.220 e. The van der Waals surface area contributed by atoms with E-state index in [4.69, 9.17) is 5.73 Å². The lowest BCUT2D eigenvalue weighted by molar-refractivity contribution is -0.121. The van der Waals surface area contributed by atoms with E-state index in [2.05, 4.69) is 46.0 Å². The predicted octanol–water partition coefficient (Wildman–Crippen LogP) is 3.77. The summed E-state index contributed by atoms with van der Waals surface area (Å²) < 4.78 is 0. The second kappa shape index (κ2) is 7.95. The van der Waals surface area contributed by atoms with Crippen LogP contribution in [-0.4, -0.2) is 12.5 Å². The van der Waals surface area contributed by atoms with E-state index in [9.17, 15) is 4.79 Å². The van der Waals surface area contributed by atoms with Crippen LogP contribution in [0.25, 0.3) is 0 Å². The minimum Gasteiger partial charge on any atom is -0.351 e. The monoisotopic (exact) mass is 310 g/mol. The van der Waals surface area contributed by atoms with E-state index in [0.29, 0.717) is 25.4 Å². The van der Waals surface area contributed by atoms with Gasteiger partial charge in [0.05, 0.1) is 6.54 Å². The van der Waals surface area contributed by atoms with Gasteiger partial charge in [-0.1, -0.05) is 20.8 Å². The highest BCUT2D eigenvalue weighted by atomic mass is 32.1. The number of hydrogen-bond acceptors (Lipinski definition) is 3. The summed E-state index contributed by atoms with van der Waals surface area (Å²) >= 11 is 1.76. The van der Waals surface area contributed by atoms with Gasteiger partial charge in [0.25, 0.3) is 0 Å². The molecule has 3 nitrogen and oxygen atoms in total. The maximum absolute atomic E-state index is 12.0. The molecule has 0 aliphatic carbocycles. The molecule has 1 amide bonds. The first kappa shape index (κ1) is 18.2. The molecule has 0 saturated heterocycles. The first-order valence-corrected chi connectivity index (χ1v) is 8.58. The predicted molar refractivity (Wildman–Crippen MR) is 91.5 cm³/mol. The van der Waals surface area contributed by atoms with Gasteiger partial charge in [0.2, 0.25) is 5.91 Å². The minimum atomic E-state index is 0.143. The van der Waals surface area contributed by atoms with Crippen molar-refractivity contribution in [2.45, 2.75) is 60.4 Å². The second-order valence-corrected chi connectivity index (χ2v) is 8.25. The molecule has 0 aromatic carbocycles. The fourth-order valence-corrected chi connectivity index (χ4v) is 3.52. The molecule has 0 radical (unpaired) electrons. The third-order valence-corrected chi connectivity index (χ3v) is 5.29.